The number of halogens is 4. The van der Waals surface area contributed by atoms with E-state index in [2.05, 4.69) is 15.3 Å². The van der Waals surface area contributed by atoms with Crippen LogP contribution in [0.1, 0.15) is 10.4 Å². The van der Waals surface area contributed by atoms with Gasteiger partial charge in [-0.3, -0.25) is 4.79 Å². The molecule has 2 heterocycles. The molecule has 0 spiro atoms. The van der Waals surface area contributed by atoms with Crippen LogP contribution in [0, 0.1) is 23.3 Å². The fourth-order valence-electron chi connectivity index (χ4n) is 3.07. The van der Waals surface area contributed by atoms with Crippen LogP contribution in [-0.2, 0) is 0 Å². The molecule has 4 nitrogen and oxygen atoms in total. The van der Waals surface area contributed by atoms with Crippen LogP contribution in [0.25, 0.3) is 33.1 Å². The van der Waals surface area contributed by atoms with Crippen LogP contribution < -0.4 is 5.32 Å². The Labute approximate surface area is 149 Å². The third kappa shape index (κ3) is 2.52. The molecule has 0 aliphatic heterocycles. The van der Waals surface area contributed by atoms with Crippen LogP contribution in [0.4, 0.5) is 17.6 Å². The molecule has 0 saturated heterocycles. The van der Waals surface area contributed by atoms with E-state index in [-0.39, 0.29) is 16.5 Å². The Hall–Kier alpha value is -3.42. The Morgan fingerprint density at radius 1 is 1.00 bits per heavy atom. The quantitative estimate of drug-likeness (QED) is 0.407. The maximum absolute atomic E-state index is 14.1. The summed E-state index contributed by atoms with van der Waals surface area (Å²) in [5.74, 6) is -5.48. The zero-order valence-electron chi connectivity index (χ0n) is 13.8. The van der Waals surface area contributed by atoms with Crippen molar-refractivity contribution in [3.63, 3.8) is 0 Å². The van der Waals surface area contributed by atoms with Crippen LogP contribution in [0.3, 0.4) is 0 Å². The van der Waals surface area contributed by atoms with Gasteiger partial charge in [0.2, 0.25) is 0 Å². The summed E-state index contributed by atoms with van der Waals surface area (Å²) < 4.78 is 55.0. The summed E-state index contributed by atoms with van der Waals surface area (Å²) in [5, 5.41) is 2.78. The minimum Gasteiger partial charge on any atom is -0.358 e. The van der Waals surface area contributed by atoms with E-state index < -0.39 is 29.2 Å². The maximum atomic E-state index is 14.1. The molecule has 2 N–H and O–H groups in total. The number of carbonyl (C=O) groups excluding carboxylic acids is 1. The van der Waals surface area contributed by atoms with Crippen molar-refractivity contribution in [2.24, 2.45) is 0 Å². The molecule has 2 aromatic heterocycles. The highest BCUT2D eigenvalue weighted by Gasteiger charge is 2.20. The smallest absolute Gasteiger partial charge is 0.254 e. The lowest BCUT2D eigenvalue weighted by Gasteiger charge is -2.08. The second kappa shape index (κ2) is 6.08. The second-order valence-corrected chi connectivity index (χ2v) is 5.88. The fourth-order valence-corrected chi connectivity index (χ4v) is 3.07. The predicted molar refractivity (Wildman–Crippen MR) is 92.3 cm³/mol. The van der Waals surface area contributed by atoms with Gasteiger partial charge in [0.25, 0.3) is 5.91 Å². The van der Waals surface area contributed by atoms with E-state index >= 15 is 0 Å². The monoisotopic (exact) mass is 373 g/mol. The van der Waals surface area contributed by atoms with Crippen molar-refractivity contribution < 1.29 is 22.4 Å². The van der Waals surface area contributed by atoms with Crippen molar-refractivity contribution in [3.05, 3.63) is 65.4 Å². The van der Waals surface area contributed by atoms with E-state index in [1.165, 1.54) is 31.4 Å². The number of carbonyl (C=O) groups is 1. The van der Waals surface area contributed by atoms with E-state index in [1.807, 2.05) is 0 Å². The number of nitrogens with zero attached hydrogens (tertiary/aromatic N) is 1. The molecule has 0 fully saturated rings. The molecule has 4 rings (SSSR count). The van der Waals surface area contributed by atoms with Crippen molar-refractivity contribution in [2.45, 2.75) is 0 Å². The van der Waals surface area contributed by atoms with Crippen LogP contribution in [0.5, 0.6) is 0 Å². The number of hydrogen-bond acceptors (Lipinski definition) is 2. The molecule has 4 aromatic rings. The molecular weight excluding hydrogens is 362 g/mol. The summed E-state index contributed by atoms with van der Waals surface area (Å²) in [7, 11) is 1.39. The van der Waals surface area contributed by atoms with Crippen LogP contribution in [0.2, 0.25) is 0 Å². The molecular formula is C19H11F4N3O. The number of rotatable bonds is 2. The van der Waals surface area contributed by atoms with Gasteiger partial charge in [-0.2, -0.15) is 0 Å². The average molecular weight is 373 g/mol. The van der Waals surface area contributed by atoms with Gasteiger partial charge in [-0.05, 0) is 30.3 Å². The number of hydrogen-bond donors (Lipinski definition) is 2. The minimum absolute atomic E-state index is 0.117. The number of benzene rings is 2. The van der Waals surface area contributed by atoms with Gasteiger partial charge in [-0.15, -0.1) is 0 Å². The number of aromatic amines is 1. The van der Waals surface area contributed by atoms with Crippen molar-refractivity contribution >= 4 is 27.7 Å². The van der Waals surface area contributed by atoms with Gasteiger partial charge in [0.05, 0.1) is 22.3 Å². The SMILES string of the molecule is CNC(=O)c1c(F)ccc2nc(-c3c[nH]c4c(F)c(F)c(F)cc34)ccc12. The number of pyridine rings is 1. The first-order valence-electron chi connectivity index (χ1n) is 7.88. The van der Waals surface area contributed by atoms with Crippen LogP contribution in [-0.4, -0.2) is 22.9 Å². The Balaban J connectivity index is 1.95. The van der Waals surface area contributed by atoms with Crippen molar-refractivity contribution in [1.82, 2.24) is 15.3 Å². The van der Waals surface area contributed by atoms with Crippen molar-refractivity contribution in [3.8, 4) is 11.3 Å². The highest BCUT2D eigenvalue weighted by molar-refractivity contribution is 6.07. The molecule has 0 aliphatic carbocycles. The van der Waals surface area contributed by atoms with E-state index in [0.717, 1.165) is 12.1 Å². The number of aromatic nitrogens is 2. The molecule has 0 radical (unpaired) electrons. The molecule has 1 amide bonds. The van der Waals surface area contributed by atoms with E-state index in [0.29, 0.717) is 22.2 Å². The third-order valence-electron chi connectivity index (χ3n) is 4.36. The first kappa shape index (κ1) is 17.0. The standard InChI is InChI=1S/C19H11F4N3O/c1-24-19(27)15-8-2-4-14(26-13(8)5-3-11(15)20)10-7-25-18-9(10)6-12(21)16(22)17(18)23/h2-7,25H,1H3,(H,24,27). The van der Waals surface area contributed by atoms with Gasteiger partial charge in [-0.25, -0.2) is 22.5 Å². The van der Waals surface area contributed by atoms with Gasteiger partial charge in [0, 0.05) is 29.6 Å². The second-order valence-electron chi connectivity index (χ2n) is 5.88. The summed E-state index contributed by atoms with van der Waals surface area (Å²) >= 11 is 0. The molecule has 0 atom stereocenters. The molecule has 0 saturated carbocycles. The molecule has 8 heteroatoms. The first-order valence-corrected chi connectivity index (χ1v) is 7.88. The topological polar surface area (TPSA) is 57.8 Å². The fraction of sp³-hybridized carbons (Fsp3) is 0.0526. The predicted octanol–water partition coefficient (Wildman–Crippen LogP) is 4.30. The number of H-pyrrole nitrogens is 1. The minimum atomic E-state index is -1.56. The lowest BCUT2D eigenvalue weighted by Crippen LogP contribution is -2.19. The Kier molecular flexibility index (Phi) is 3.83. The number of amides is 1. The molecule has 0 bridgehead atoms. The van der Waals surface area contributed by atoms with Crippen LogP contribution in [0.15, 0.2) is 36.5 Å². The highest BCUT2D eigenvalue weighted by Crippen LogP contribution is 2.32. The van der Waals surface area contributed by atoms with Crippen molar-refractivity contribution in [1.29, 1.82) is 0 Å². The lowest BCUT2D eigenvalue weighted by molar-refractivity contribution is 0.0961. The van der Waals surface area contributed by atoms with Gasteiger partial charge in [0.1, 0.15) is 5.82 Å². The first-order chi connectivity index (χ1) is 12.9. The van der Waals surface area contributed by atoms with E-state index in [4.69, 9.17) is 0 Å². The largest absolute Gasteiger partial charge is 0.358 e. The zero-order valence-corrected chi connectivity index (χ0v) is 13.8. The lowest BCUT2D eigenvalue weighted by atomic mass is 10.0. The highest BCUT2D eigenvalue weighted by atomic mass is 19.2. The Morgan fingerprint density at radius 2 is 1.78 bits per heavy atom. The molecule has 136 valence electrons. The normalized spacial score (nSPS) is 11.3. The summed E-state index contributed by atoms with van der Waals surface area (Å²) in [4.78, 5) is 18.9. The van der Waals surface area contributed by atoms with Gasteiger partial charge < -0.3 is 10.3 Å². The summed E-state index contributed by atoms with van der Waals surface area (Å²) in [6.07, 6.45) is 1.38. The van der Waals surface area contributed by atoms with Gasteiger partial charge >= 0.3 is 0 Å². The molecule has 0 unspecified atom stereocenters. The summed E-state index contributed by atoms with van der Waals surface area (Å²) in [6, 6.07) is 6.40. The van der Waals surface area contributed by atoms with Crippen molar-refractivity contribution in [2.75, 3.05) is 7.05 Å². The van der Waals surface area contributed by atoms with E-state index in [9.17, 15) is 22.4 Å². The van der Waals surface area contributed by atoms with Gasteiger partial charge in [0.15, 0.2) is 17.5 Å². The third-order valence-corrected chi connectivity index (χ3v) is 4.36. The summed E-state index contributed by atoms with van der Waals surface area (Å²) in [6.45, 7) is 0. The van der Waals surface area contributed by atoms with Gasteiger partial charge in [-0.1, -0.05) is 0 Å². The maximum Gasteiger partial charge on any atom is 0.254 e. The number of nitrogens with one attached hydrogen (secondary N) is 2. The Morgan fingerprint density at radius 3 is 2.52 bits per heavy atom. The molecule has 27 heavy (non-hydrogen) atoms. The van der Waals surface area contributed by atoms with Crippen LogP contribution >= 0.6 is 0 Å². The molecule has 2 aromatic carbocycles. The number of fused-ring (bicyclic) bond motifs is 2. The summed E-state index contributed by atoms with van der Waals surface area (Å²) in [5.41, 5.74) is 0.664. The average Bonchev–Trinajstić information content (AvgIpc) is 3.09. The Bertz CT molecular complexity index is 1230. The molecule has 0 aliphatic rings. The zero-order chi connectivity index (χ0) is 19.3. The van der Waals surface area contributed by atoms with E-state index in [1.54, 1.807) is 0 Å².